The molecule has 1 N–H and O–H groups in total. The van der Waals surface area contributed by atoms with Gasteiger partial charge in [0.05, 0.1) is 17.7 Å². The van der Waals surface area contributed by atoms with Gasteiger partial charge in [0, 0.05) is 24.4 Å². The molecule has 1 aliphatic rings. The summed E-state index contributed by atoms with van der Waals surface area (Å²) in [7, 11) is 0. The number of hydrogen-bond donors (Lipinski definition) is 1. The van der Waals surface area contributed by atoms with Crippen LogP contribution in [0.4, 0.5) is 14.5 Å². The minimum Gasteiger partial charge on any atom is -0.319 e. The van der Waals surface area contributed by atoms with Gasteiger partial charge in [0.1, 0.15) is 0 Å². The summed E-state index contributed by atoms with van der Waals surface area (Å²) in [6.07, 6.45) is 0.346. The lowest BCUT2D eigenvalue weighted by molar-refractivity contribution is -0.128. The van der Waals surface area contributed by atoms with E-state index in [2.05, 4.69) is 4.98 Å². The Balaban J connectivity index is 1.78. The molecule has 132 valence electrons. The summed E-state index contributed by atoms with van der Waals surface area (Å²) >= 11 is 0. The Morgan fingerprint density at radius 2 is 1.81 bits per heavy atom. The SMILES string of the molecule is O=C1CCN(c2ccccc2)N1Cc1cc(=O)[nH]c2c(F)c(F)ccc12. The lowest BCUT2D eigenvalue weighted by Crippen LogP contribution is -2.38. The number of benzene rings is 2. The summed E-state index contributed by atoms with van der Waals surface area (Å²) in [6.45, 7) is 0.617. The number of anilines is 1. The van der Waals surface area contributed by atoms with Crippen LogP contribution in [0.2, 0.25) is 0 Å². The molecule has 5 nitrogen and oxygen atoms in total. The second-order valence-electron chi connectivity index (χ2n) is 6.10. The van der Waals surface area contributed by atoms with Crippen molar-refractivity contribution in [3.63, 3.8) is 0 Å². The first-order chi connectivity index (χ1) is 12.5. The maximum Gasteiger partial charge on any atom is 0.248 e. The Labute approximate surface area is 147 Å². The molecule has 1 amide bonds. The fraction of sp³-hybridized carbons (Fsp3) is 0.158. The number of fused-ring (bicyclic) bond motifs is 1. The summed E-state index contributed by atoms with van der Waals surface area (Å²) in [5.74, 6) is -2.23. The molecular formula is C19H15F2N3O2. The van der Waals surface area contributed by atoms with Gasteiger partial charge in [0.2, 0.25) is 11.5 Å². The average Bonchev–Trinajstić information content (AvgIpc) is 3.00. The van der Waals surface area contributed by atoms with E-state index in [1.165, 1.54) is 17.1 Å². The number of amides is 1. The van der Waals surface area contributed by atoms with Crippen LogP contribution in [0, 0.1) is 11.6 Å². The third kappa shape index (κ3) is 2.71. The molecule has 1 fully saturated rings. The van der Waals surface area contributed by atoms with Gasteiger partial charge >= 0.3 is 0 Å². The number of H-pyrrole nitrogens is 1. The molecule has 0 aliphatic carbocycles. The number of aromatic nitrogens is 1. The van der Waals surface area contributed by atoms with Gasteiger partial charge in [0.15, 0.2) is 11.6 Å². The zero-order valence-corrected chi connectivity index (χ0v) is 13.7. The summed E-state index contributed by atoms with van der Waals surface area (Å²) in [5, 5.41) is 3.73. The topological polar surface area (TPSA) is 56.4 Å². The van der Waals surface area contributed by atoms with Crippen molar-refractivity contribution in [3.05, 3.63) is 76.1 Å². The van der Waals surface area contributed by atoms with Gasteiger partial charge < -0.3 is 4.98 Å². The third-order valence-corrected chi connectivity index (χ3v) is 4.49. The van der Waals surface area contributed by atoms with Crippen LogP contribution in [-0.4, -0.2) is 22.4 Å². The maximum absolute atomic E-state index is 14.1. The average molecular weight is 355 g/mol. The Kier molecular flexibility index (Phi) is 3.91. The fourth-order valence-corrected chi connectivity index (χ4v) is 3.26. The summed E-state index contributed by atoms with van der Waals surface area (Å²) in [4.78, 5) is 26.6. The van der Waals surface area contributed by atoms with E-state index in [1.54, 1.807) is 0 Å². The number of nitrogens with zero attached hydrogens (tertiary/aromatic N) is 2. The molecule has 7 heteroatoms. The number of rotatable bonds is 3. The molecule has 1 saturated heterocycles. The predicted octanol–water partition coefficient (Wildman–Crippen LogP) is 2.96. The molecule has 4 rings (SSSR count). The van der Waals surface area contributed by atoms with Gasteiger partial charge in [-0.25, -0.2) is 13.8 Å². The Morgan fingerprint density at radius 3 is 2.58 bits per heavy atom. The molecule has 26 heavy (non-hydrogen) atoms. The summed E-state index contributed by atoms with van der Waals surface area (Å²) in [6, 6.07) is 13.1. The Bertz CT molecular complexity index is 1050. The molecule has 0 spiro atoms. The smallest absolute Gasteiger partial charge is 0.248 e. The molecular weight excluding hydrogens is 340 g/mol. The van der Waals surface area contributed by atoms with E-state index >= 15 is 0 Å². The lowest BCUT2D eigenvalue weighted by atomic mass is 10.1. The van der Waals surface area contributed by atoms with E-state index in [1.807, 2.05) is 35.3 Å². The third-order valence-electron chi connectivity index (χ3n) is 4.49. The molecule has 2 heterocycles. The predicted molar refractivity (Wildman–Crippen MR) is 93.4 cm³/mol. The van der Waals surface area contributed by atoms with Crippen LogP contribution in [0.1, 0.15) is 12.0 Å². The van der Waals surface area contributed by atoms with E-state index < -0.39 is 17.2 Å². The van der Waals surface area contributed by atoms with Crippen LogP contribution in [0.25, 0.3) is 10.9 Å². The monoisotopic (exact) mass is 355 g/mol. The maximum atomic E-state index is 14.1. The minimum atomic E-state index is -1.10. The van der Waals surface area contributed by atoms with Crippen LogP contribution in [0.5, 0.6) is 0 Å². The highest BCUT2D eigenvalue weighted by Gasteiger charge is 2.29. The second-order valence-corrected chi connectivity index (χ2v) is 6.10. The van der Waals surface area contributed by atoms with E-state index in [0.717, 1.165) is 11.8 Å². The van der Waals surface area contributed by atoms with Gasteiger partial charge in [-0.15, -0.1) is 0 Å². The lowest BCUT2D eigenvalue weighted by Gasteiger charge is -2.30. The molecule has 2 aromatic carbocycles. The number of carbonyl (C=O) groups is 1. The second kappa shape index (κ2) is 6.25. The number of para-hydroxylation sites is 1. The van der Waals surface area contributed by atoms with Crippen LogP contribution >= 0.6 is 0 Å². The van der Waals surface area contributed by atoms with E-state index in [-0.39, 0.29) is 18.0 Å². The van der Waals surface area contributed by atoms with Crippen molar-refractivity contribution in [2.24, 2.45) is 0 Å². The largest absolute Gasteiger partial charge is 0.319 e. The van der Waals surface area contributed by atoms with E-state index in [4.69, 9.17) is 0 Å². The zero-order valence-electron chi connectivity index (χ0n) is 13.7. The Morgan fingerprint density at radius 1 is 1.04 bits per heavy atom. The molecule has 0 saturated carbocycles. The van der Waals surface area contributed by atoms with E-state index in [0.29, 0.717) is 23.9 Å². The minimum absolute atomic E-state index is 0.0927. The molecule has 0 bridgehead atoms. The highest BCUT2D eigenvalue weighted by Crippen LogP contribution is 2.27. The van der Waals surface area contributed by atoms with Crippen molar-refractivity contribution in [1.29, 1.82) is 0 Å². The van der Waals surface area contributed by atoms with Crippen LogP contribution in [-0.2, 0) is 11.3 Å². The van der Waals surface area contributed by atoms with Gasteiger partial charge in [0.25, 0.3) is 0 Å². The summed E-state index contributed by atoms with van der Waals surface area (Å²) < 4.78 is 27.5. The van der Waals surface area contributed by atoms with Crippen molar-refractivity contribution in [1.82, 2.24) is 9.99 Å². The van der Waals surface area contributed by atoms with Gasteiger partial charge in [-0.3, -0.25) is 14.6 Å². The normalized spacial score (nSPS) is 14.5. The van der Waals surface area contributed by atoms with Crippen molar-refractivity contribution in [3.8, 4) is 0 Å². The van der Waals surface area contributed by atoms with Gasteiger partial charge in [-0.1, -0.05) is 18.2 Å². The Hall–Kier alpha value is -3.22. The highest BCUT2D eigenvalue weighted by molar-refractivity contribution is 5.85. The van der Waals surface area contributed by atoms with Crippen LogP contribution in [0.15, 0.2) is 53.3 Å². The molecule has 0 atom stereocenters. The molecule has 0 unspecified atom stereocenters. The molecule has 3 aromatic rings. The number of pyridine rings is 1. The first kappa shape index (κ1) is 16.3. The number of carbonyl (C=O) groups excluding carboxylic acids is 1. The standard InChI is InChI=1S/C19H15F2N3O2/c20-15-7-6-14-12(10-16(25)22-19(14)18(15)21)11-24-17(26)8-9-23(24)13-4-2-1-3-5-13/h1-7,10H,8-9,11H2,(H,22,25). The van der Waals surface area contributed by atoms with E-state index in [9.17, 15) is 18.4 Å². The first-order valence-corrected chi connectivity index (χ1v) is 8.17. The number of halogens is 2. The molecule has 1 aliphatic heterocycles. The highest BCUT2D eigenvalue weighted by atomic mass is 19.2. The van der Waals surface area contributed by atoms with Crippen molar-refractivity contribution in [2.45, 2.75) is 13.0 Å². The quantitative estimate of drug-likeness (QED) is 0.786. The van der Waals surface area contributed by atoms with Crippen LogP contribution in [0.3, 0.4) is 0 Å². The zero-order chi connectivity index (χ0) is 18.3. The van der Waals surface area contributed by atoms with Crippen LogP contribution < -0.4 is 10.6 Å². The van der Waals surface area contributed by atoms with Crippen molar-refractivity contribution in [2.75, 3.05) is 11.6 Å². The summed E-state index contributed by atoms with van der Waals surface area (Å²) in [5.41, 5.74) is 0.573. The first-order valence-electron chi connectivity index (χ1n) is 8.17. The van der Waals surface area contributed by atoms with Gasteiger partial charge in [-0.2, -0.15) is 0 Å². The number of nitrogens with one attached hydrogen (secondary N) is 1. The molecule has 0 radical (unpaired) electrons. The molecule has 1 aromatic heterocycles. The fourth-order valence-electron chi connectivity index (χ4n) is 3.26. The number of aromatic amines is 1. The van der Waals surface area contributed by atoms with Gasteiger partial charge in [-0.05, 0) is 29.8 Å². The number of hydrazine groups is 1. The number of hydrogen-bond acceptors (Lipinski definition) is 3. The van der Waals surface area contributed by atoms with Crippen molar-refractivity contribution < 1.29 is 13.6 Å². The van der Waals surface area contributed by atoms with Crippen molar-refractivity contribution >= 4 is 22.5 Å².